The van der Waals surface area contributed by atoms with Gasteiger partial charge in [-0.25, -0.2) is 4.79 Å². The normalized spacial score (nSPS) is 14.1. The van der Waals surface area contributed by atoms with Crippen molar-refractivity contribution >= 4 is 17.6 Å². The van der Waals surface area contributed by atoms with Gasteiger partial charge >= 0.3 is 5.97 Å². The summed E-state index contributed by atoms with van der Waals surface area (Å²) in [5.74, 6) is -0.521. The first kappa shape index (κ1) is 13.8. The Morgan fingerprint density at radius 3 is 2.47 bits per heavy atom. The number of aliphatic carboxylic acids is 1. The summed E-state index contributed by atoms with van der Waals surface area (Å²) in [6, 6.07) is 6.60. The number of carboxylic acid groups (broad SMARTS) is 1. The molecule has 1 atom stereocenters. The number of carbonyl (C=O) groups is 1. The standard InChI is InChI=1S/C12H16ClNO3/c1-2-12(7-8-14,11(15)16)17-10-5-3-9(13)4-6-10/h3-6H,2,7-8,14H2,1H3,(H,15,16). The van der Waals surface area contributed by atoms with Crippen LogP contribution in [0.3, 0.4) is 0 Å². The molecule has 0 fully saturated rings. The lowest BCUT2D eigenvalue weighted by Gasteiger charge is -2.28. The van der Waals surface area contributed by atoms with Crippen molar-refractivity contribution in [2.45, 2.75) is 25.4 Å². The smallest absolute Gasteiger partial charge is 0.348 e. The average molecular weight is 258 g/mol. The van der Waals surface area contributed by atoms with Crippen LogP contribution in [0.4, 0.5) is 0 Å². The van der Waals surface area contributed by atoms with E-state index in [0.29, 0.717) is 17.2 Å². The van der Waals surface area contributed by atoms with Gasteiger partial charge < -0.3 is 15.6 Å². The third-order valence-corrected chi connectivity index (χ3v) is 2.89. The zero-order valence-electron chi connectivity index (χ0n) is 9.65. The maximum absolute atomic E-state index is 11.3. The van der Waals surface area contributed by atoms with E-state index in [9.17, 15) is 9.90 Å². The lowest BCUT2D eigenvalue weighted by molar-refractivity contribution is -0.156. The van der Waals surface area contributed by atoms with Crippen molar-refractivity contribution in [3.05, 3.63) is 29.3 Å². The first-order valence-corrected chi connectivity index (χ1v) is 5.80. The molecule has 0 saturated carbocycles. The van der Waals surface area contributed by atoms with E-state index in [-0.39, 0.29) is 13.0 Å². The Bertz CT molecular complexity index is 380. The topological polar surface area (TPSA) is 72.5 Å². The Morgan fingerprint density at radius 1 is 1.47 bits per heavy atom. The maximum atomic E-state index is 11.3. The lowest BCUT2D eigenvalue weighted by atomic mass is 9.96. The van der Waals surface area contributed by atoms with Crippen LogP contribution in [0, 0.1) is 0 Å². The fourth-order valence-corrected chi connectivity index (χ4v) is 1.69. The number of benzene rings is 1. The van der Waals surface area contributed by atoms with Crippen LogP contribution in [0.1, 0.15) is 19.8 Å². The highest BCUT2D eigenvalue weighted by molar-refractivity contribution is 6.30. The lowest BCUT2D eigenvalue weighted by Crippen LogP contribution is -2.45. The first-order chi connectivity index (χ1) is 8.04. The van der Waals surface area contributed by atoms with Crippen LogP contribution < -0.4 is 10.5 Å². The number of nitrogens with two attached hydrogens (primary N) is 1. The first-order valence-electron chi connectivity index (χ1n) is 5.42. The van der Waals surface area contributed by atoms with E-state index in [1.54, 1.807) is 31.2 Å². The number of hydrogen-bond acceptors (Lipinski definition) is 3. The molecule has 0 saturated heterocycles. The molecule has 1 unspecified atom stereocenters. The van der Waals surface area contributed by atoms with Gasteiger partial charge in [-0.1, -0.05) is 18.5 Å². The number of carboxylic acids is 1. The third-order valence-electron chi connectivity index (χ3n) is 2.64. The second-order valence-electron chi connectivity index (χ2n) is 3.75. The molecule has 0 aromatic heterocycles. The van der Waals surface area contributed by atoms with Gasteiger partial charge in [0.05, 0.1) is 0 Å². The summed E-state index contributed by atoms with van der Waals surface area (Å²) in [7, 11) is 0. The van der Waals surface area contributed by atoms with E-state index in [4.69, 9.17) is 22.1 Å². The second kappa shape index (κ2) is 5.89. The highest BCUT2D eigenvalue weighted by Gasteiger charge is 2.38. The minimum Gasteiger partial charge on any atom is -0.478 e. The van der Waals surface area contributed by atoms with Crippen LogP contribution in [0.25, 0.3) is 0 Å². The largest absolute Gasteiger partial charge is 0.478 e. The molecule has 0 spiro atoms. The number of hydrogen-bond donors (Lipinski definition) is 2. The molecule has 0 amide bonds. The van der Waals surface area contributed by atoms with Crippen molar-refractivity contribution in [3.63, 3.8) is 0 Å². The van der Waals surface area contributed by atoms with Gasteiger partial charge in [0.2, 0.25) is 5.60 Å². The number of halogens is 1. The minimum absolute atomic E-state index is 0.258. The molecule has 1 rings (SSSR count). The molecule has 0 aliphatic carbocycles. The average Bonchev–Trinajstić information content (AvgIpc) is 2.31. The molecule has 1 aromatic rings. The van der Waals surface area contributed by atoms with E-state index >= 15 is 0 Å². The van der Waals surface area contributed by atoms with Crippen molar-refractivity contribution in [1.29, 1.82) is 0 Å². The molecule has 0 aliphatic rings. The van der Waals surface area contributed by atoms with Crippen molar-refractivity contribution in [1.82, 2.24) is 0 Å². The molecular formula is C12H16ClNO3. The molecular weight excluding hydrogens is 242 g/mol. The van der Waals surface area contributed by atoms with Crippen LogP contribution in [0.5, 0.6) is 5.75 Å². The molecule has 5 heteroatoms. The second-order valence-corrected chi connectivity index (χ2v) is 4.18. The highest BCUT2D eigenvalue weighted by Crippen LogP contribution is 2.26. The van der Waals surface area contributed by atoms with E-state index in [1.165, 1.54) is 0 Å². The van der Waals surface area contributed by atoms with Gasteiger partial charge in [0, 0.05) is 11.4 Å². The van der Waals surface area contributed by atoms with Crippen LogP contribution in [-0.2, 0) is 4.79 Å². The van der Waals surface area contributed by atoms with Gasteiger partial charge in [0.1, 0.15) is 5.75 Å². The zero-order valence-corrected chi connectivity index (χ0v) is 10.4. The summed E-state index contributed by atoms with van der Waals surface area (Å²) in [5, 5.41) is 9.84. The van der Waals surface area contributed by atoms with Gasteiger partial charge in [-0.05, 0) is 37.2 Å². The minimum atomic E-state index is -1.26. The molecule has 3 N–H and O–H groups in total. The van der Waals surface area contributed by atoms with E-state index < -0.39 is 11.6 Å². The van der Waals surface area contributed by atoms with Crippen LogP contribution in [-0.4, -0.2) is 23.2 Å². The van der Waals surface area contributed by atoms with Crippen molar-refractivity contribution < 1.29 is 14.6 Å². The molecule has 0 heterocycles. The summed E-state index contributed by atoms with van der Waals surface area (Å²) in [6.07, 6.45) is 0.615. The van der Waals surface area contributed by atoms with Gasteiger partial charge in [-0.2, -0.15) is 0 Å². The van der Waals surface area contributed by atoms with E-state index in [0.717, 1.165) is 0 Å². The van der Waals surface area contributed by atoms with Crippen LogP contribution in [0.2, 0.25) is 5.02 Å². The zero-order chi connectivity index (χ0) is 12.9. The Kier molecular flexibility index (Phi) is 4.78. The monoisotopic (exact) mass is 257 g/mol. The van der Waals surface area contributed by atoms with Gasteiger partial charge in [-0.15, -0.1) is 0 Å². The SMILES string of the molecule is CCC(CCN)(Oc1ccc(Cl)cc1)C(=O)O. The molecule has 0 aliphatic heterocycles. The van der Waals surface area contributed by atoms with Crippen molar-refractivity contribution in [3.8, 4) is 5.75 Å². The van der Waals surface area contributed by atoms with Gasteiger partial charge in [0.15, 0.2) is 0 Å². The van der Waals surface area contributed by atoms with E-state index in [1.807, 2.05) is 0 Å². The molecule has 0 radical (unpaired) electrons. The Balaban J connectivity index is 2.92. The molecule has 1 aromatic carbocycles. The Hall–Kier alpha value is -1.26. The van der Waals surface area contributed by atoms with Gasteiger partial charge in [0.25, 0.3) is 0 Å². The van der Waals surface area contributed by atoms with Crippen LogP contribution >= 0.6 is 11.6 Å². The summed E-state index contributed by atoms with van der Waals surface area (Å²) in [5.41, 5.74) is 4.18. The number of ether oxygens (including phenoxy) is 1. The van der Waals surface area contributed by atoms with Gasteiger partial charge in [-0.3, -0.25) is 0 Å². The van der Waals surface area contributed by atoms with Crippen molar-refractivity contribution in [2.24, 2.45) is 5.73 Å². The molecule has 4 nitrogen and oxygen atoms in total. The Morgan fingerprint density at radius 2 is 2.06 bits per heavy atom. The third kappa shape index (κ3) is 3.35. The van der Waals surface area contributed by atoms with Crippen molar-refractivity contribution in [2.75, 3.05) is 6.54 Å². The summed E-state index contributed by atoms with van der Waals surface area (Å²) >= 11 is 5.75. The summed E-state index contributed by atoms with van der Waals surface area (Å²) in [6.45, 7) is 2.02. The summed E-state index contributed by atoms with van der Waals surface area (Å²) < 4.78 is 5.57. The molecule has 94 valence electrons. The Labute approximate surface area is 105 Å². The number of rotatable bonds is 6. The summed E-state index contributed by atoms with van der Waals surface area (Å²) in [4.78, 5) is 11.3. The molecule has 17 heavy (non-hydrogen) atoms. The quantitative estimate of drug-likeness (QED) is 0.820. The maximum Gasteiger partial charge on any atom is 0.348 e. The molecule has 0 bridgehead atoms. The fraction of sp³-hybridized carbons (Fsp3) is 0.417. The predicted molar refractivity (Wildman–Crippen MR) is 66.4 cm³/mol. The van der Waals surface area contributed by atoms with E-state index in [2.05, 4.69) is 0 Å². The fourth-order valence-electron chi connectivity index (χ4n) is 1.56. The van der Waals surface area contributed by atoms with Crippen LogP contribution in [0.15, 0.2) is 24.3 Å². The highest BCUT2D eigenvalue weighted by atomic mass is 35.5. The predicted octanol–water partition coefficient (Wildman–Crippen LogP) is 2.30.